The Balaban J connectivity index is 1.51. The molecule has 9 nitrogen and oxygen atoms in total. The van der Waals surface area contributed by atoms with E-state index in [2.05, 4.69) is 6.92 Å². The number of fused-ring (bicyclic) bond motifs is 2. The molecule has 0 aliphatic carbocycles. The van der Waals surface area contributed by atoms with E-state index in [9.17, 15) is 14.7 Å². The van der Waals surface area contributed by atoms with Crippen molar-refractivity contribution in [1.29, 1.82) is 0 Å². The molecule has 1 amide bonds. The summed E-state index contributed by atoms with van der Waals surface area (Å²) in [5, 5.41) is 12.1. The molecule has 4 aromatic rings. The lowest BCUT2D eigenvalue weighted by Gasteiger charge is -2.24. The Labute approximate surface area is 259 Å². The summed E-state index contributed by atoms with van der Waals surface area (Å²) in [6.45, 7) is 6.87. The number of unbranched alkanes of at least 4 members (excludes halogenated alkanes) is 1. The van der Waals surface area contributed by atoms with E-state index in [1.165, 1.54) is 16.2 Å². The maximum Gasteiger partial charge on any atom is 0.301 e. The summed E-state index contributed by atoms with van der Waals surface area (Å²) in [7, 11) is 1.58. The Morgan fingerprint density at radius 2 is 1.91 bits per heavy atom. The van der Waals surface area contributed by atoms with Crippen LogP contribution in [0, 0.1) is 0 Å². The average Bonchev–Trinajstić information content (AvgIpc) is 3.69. The highest BCUT2D eigenvalue weighted by Gasteiger charge is 2.48. The van der Waals surface area contributed by atoms with Gasteiger partial charge in [-0.25, -0.2) is 4.98 Å². The van der Waals surface area contributed by atoms with Gasteiger partial charge in [-0.3, -0.25) is 14.5 Å². The van der Waals surface area contributed by atoms with E-state index in [4.69, 9.17) is 23.9 Å². The monoisotopic (exact) mass is 614 g/mol. The number of aliphatic hydroxyl groups is 1. The second-order valence-corrected chi connectivity index (χ2v) is 11.8. The molecule has 44 heavy (non-hydrogen) atoms. The average molecular weight is 615 g/mol. The molecule has 2 aliphatic rings. The summed E-state index contributed by atoms with van der Waals surface area (Å²) >= 11 is 1.27. The van der Waals surface area contributed by atoms with Crippen LogP contribution in [-0.2, 0) is 16.0 Å². The van der Waals surface area contributed by atoms with Gasteiger partial charge in [0.25, 0.3) is 5.78 Å². The first-order valence-electron chi connectivity index (χ1n) is 14.8. The van der Waals surface area contributed by atoms with Gasteiger partial charge >= 0.3 is 5.91 Å². The van der Waals surface area contributed by atoms with Crippen molar-refractivity contribution < 1.29 is 33.6 Å². The van der Waals surface area contributed by atoms with Gasteiger partial charge in [-0.1, -0.05) is 30.7 Å². The van der Waals surface area contributed by atoms with Gasteiger partial charge in [0.2, 0.25) is 0 Å². The summed E-state index contributed by atoms with van der Waals surface area (Å²) in [6.07, 6.45) is 2.57. The predicted octanol–water partition coefficient (Wildman–Crippen LogP) is 6.83. The van der Waals surface area contributed by atoms with E-state index in [1.54, 1.807) is 43.5 Å². The topological polar surface area (TPSA) is 107 Å². The first-order valence-corrected chi connectivity index (χ1v) is 15.6. The third-order valence-electron chi connectivity index (χ3n) is 7.74. The van der Waals surface area contributed by atoms with Crippen LogP contribution in [0.3, 0.4) is 0 Å². The van der Waals surface area contributed by atoms with Crippen molar-refractivity contribution in [3.05, 3.63) is 76.9 Å². The summed E-state index contributed by atoms with van der Waals surface area (Å²) in [5.41, 5.74) is 2.57. The minimum Gasteiger partial charge on any atom is -0.507 e. The number of ketones is 1. The normalized spacial score (nSPS) is 18.9. The molecule has 1 fully saturated rings. The van der Waals surface area contributed by atoms with Crippen molar-refractivity contribution >= 4 is 44.1 Å². The Hall–Kier alpha value is -4.57. The van der Waals surface area contributed by atoms with Gasteiger partial charge < -0.3 is 24.1 Å². The Bertz CT molecular complexity index is 1780. The number of hydrogen-bond donors (Lipinski definition) is 1. The number of anilines is 1. The number of amides is 1. The lowest BCUT2D eigenvalue weighted by Crippen LogP contribution is -2.29. The summed E-state index contributed by atoms with van der Waals surface area (Å²) in [4.78, 5) is 33.7. The van der Waals surface area contributed by atoms with Gasteiger partial charge in [-0.2, -0.15) is 0 Å². The third-order valence-corrected chi connectivity index (χ3v) is 8.76. The molecule has 0 unspecified atom stereocenters. The summed E-state index contributed by atoms with van der Waals surface area (Å²) < 4.78 is 23.9. The zero-order chi connectivity index (χ0) is 31.0. The number of aromatic nitrogens is 1. The molecule has 0 bridgehead atoms. The van der Waals surface area contributed by atoms with Crippen LogP contribution in [-0.4, -0.2) is 48.2 Å². The number of carbonyl (C=O) groups is 2. The van der Waals surface area contributed by atoms with Crippen LogP contribution in [0.5, 0.6) is 23.0 Å². The zero-order valence-electron chi connectivity index (χ0n) is 25.1. The maximum absolute atomic E-state index is 13.8. The van der Waals surface area contributed by atoms with Crippen molar-refractivity contribution in [1.82, 2.24) is 4.98 Å². The summed E-state index contributed by atoms with van der Waals surface area (Å²) in [6, 6.07) is 15.1. The molecule has 10 heteroatoms. The largest absolute Gasteiger partial charge is 0.507 e. The predicted molar refractivity (Wildman–Crippen MR) is 169 cm³/mol. The molecule has 2 atom stereocenters. The molecular formula is C34H34N2O7S. The number of ether oxygens (including phenoxy) is 4. The lowest BCUT2D eigenvalue weighted by molar-refractivity contribution is -0.132. The van der Waals surface area contributed by atoms with Gasteiger partial charge in [0, 0.05) is 12.0 Å². The fourth-order valence-electron chi connectivity index (χ4n) is 5.60. The van der Waals surface area contributed by atoms with Crippen molar-refractivity contribution in [2.24, 2.45) is 0 Å². The van der Waals surface area contributed by atoms with Gasteiger partial charge in [0.1, 0.15) is 23.4 Å². The number of hydrogen-bond acceptors (Lipinski definition) is 9. The Kier molecular flexibility index (Phi) is 8.18. The van der Waals surface area contributed by atoms with Gasteiger partial charge in [-0.05, 0) is 79.9 Å². The smallest absolute Gasteiger partial charge is 0.301 e. The van der Waals surface area contributed by atoms with E-state index >= 15 is 0 Å². The molecule has 0 spiro atoms. The number of rotatable bonds is 10. The Morgan fingerprint density at radius 3 is 2.68 bits per heavy atom. The highest BCUT2D eigenvalue weighted by Crippen LogP contribution is 2.46. The number of nitrogens with zero attached hydrogens (tertiary/aromatic N) is 2. The molecule has 1 aromatic heterocycles. The molecule has 2 aliphatic heterocycles. The SMILES string of the molecule is CCCCOc1ccc([C@H]2C(=C(O)c3ccc4c(c3)C[C@@H](C)O4)C(=O)C(=O)N2c2nc3ccc(OC)cc3s2)cc1OCC. The van der Waals surface area contributed by atoms with Crippen LogP contribution in [0.25, 0.3) is 16.0 Å². The van der Waals surface area contributed by atoms with E-state index in [0.29, 0.717) is 58.7 Å². The molecule has 1 N–H and O–H groups in total. The van der Waals surface area contributed by atoms with Crippen LogP contribution >= 0.6 is 11.3 Å². The third kappa shape index (κ3) is 5.34. The zero-order valence-corrected chi connectivity index (χ0v) is 25.9. The fraction of sp³-hybridized carbons (Fsp3) is 0.324. The molecule has 228 valence electrons. The minimum atomic E-state index is -0.968. The quantitative estimate of drug-likeness (QED) is 0.0896. The highest BCUT2D eigenvalue weighted by atomic mass is 32.1. The van der Waals surface area contributed by atoms with Crippen LogP contribution in [0.15, 0.2) is 60.2 Å². The summed E-state index contributed by atoms with van der Waals surface area (Å²) in [5.74, 6) is 0.627. The van der Waals surface area contributed by atoms with Gasteiger partial charge in [0.15, 0.2) is 16.6 Å². The number of thiazole rings is 1. The second kappa shape index (κ2) is 12.2. The number of benzene rings is 3. The van der Waals surface area contributed by atoms with Crippen LogP contribution < -0.4 is 23.8 Å². The molecule has 6 rings (SSSR count). The van der Waals surface area contributed by atoms with Crippen molar-refractivity contribution in [2.45, 2.75) is 52.2 Å². The minimum absolute atomic E-state index is 0.0145. The number of Topliss-reactive ketones (excluding diaryl/α,β-unsaturated/α-hetero) is 1. The van der Waals surface area contributed by atoms with E-state index in [1.807, 2.05) is 32.0 Å². The standard InChI is InChI=1S/C34H34N2O7S/c1-5-7-14-42-26-13-8-20(17-27(26)41-6-2)30-29(31(37)21-9-12-25-22(16-21)15-19(3)43-25)32(38)33(39)36(30)34-35-24-11-10-23(40-4)18-28(24)44-34/h8-13,16-19,30,37H,5-7,14-15H2,1-4H3/t19-,30+/m1/s1. The Morgan fingerprint density at radius 1 is 1.07 bits per heavy atom. The number of carbonyl (C=O) groups excluding carboxylic acids is 2. The van der Waals surface area contributed by atoms with Crippen molar-refractivity contribution in [3.63, 3.8) is 0 Å². The molecular weight excluding hydrogens is 580 g/mol. The molecule has 0 saturated carbocycles. The van der Waals surface area contributed by atoms with Gasteiger partial charge in [-0.15, -0.1) is 0 Å². The van der Waals surface area contributed by atoms with Crippen LogP contribution in [0.2, 0.25) is 0 Å². The van der Waals surface area contributed by atoms with Crippen molar-refractivity contribution in [3.8, 4) is 23.0 Å². The van der Waals surface area contributed by atoms with E-state index in [-0.39, 0.29) is 17.4 Å². The lowest BCUT2D eigenvalue weighted by atomic mass is 9.94. The fourth-order valence-corrected chi connectivity index (χ4v) is 6.62. The molecule has 1 saturated heterocycles. The van der Waals surface area contributed by atoms with Crippen LogP contribution in [0.4, 0.5) is 5.13 Å². The maximum atomic E-state index is 13.8. The van der Waals surface area contributed by atoms with E-state index in [0.717, 1.165) is 28.9 Å². The first-order chi connectivity index (χ1) is 21.3. The molecule has 3 aromatic carbocycles. The number of aliphatic hydroxyl groups excluding tert-OH is 1. The van der Waals surface area contributed by atoms with E-state index < -0.39 is 17.7 Å². The molecule has 3 heterocycles. The highest BCUT2D eigenvalue weighted by molar-refractivity contribution is 7.22. The first kappa shape index (κ1) is 29.5. The van der Waals surface area contributed by atoms with Crippen LogP contribution in [0.1, 0.15) is 56.3 Å². The molecule has 0 radical (unpaired) electrons. The second-order valence-electron chi connectivity index (χ2n) is 10.8. The number of methoxy groups -OCH3 is 1. The van der Waals surface area contributed by atoms with Gasteiger partial charge in [0.05, 0.1) is 42.2 Å². The van der Waals surface area contributed by atoms with Crippen molar-refractivity contribution in [2.75, 3.05) is 25.2 Å².